The van der Waals surface area contributed by atoms with Crippen molar-refractivity contribution >= 4 is 11.6 Å². The van der Waals surface area contributed by atoms with E-state index in [0.717, 1.165) is 36.0 Å². The minimum absolute atomic E-state index is 0.692. The van der Waals surface area contributed by atoms with Gasteiger partial charge in [0.2, 0.25) is 0 Å². The van der Waals surface area contributed by atoms with Gasteiger partial charge in [0.05, 0.1) is 6.61 Å². The van der Waals surface area contributed by atoms with Gasteiger partial charge in [0.15, 0.2) is 0 Å². The van der Waals surface area contributed by atoms with Crippen LogP contribution in [0, 0.1) is 12.8 Å². The molecule has 1 saturated heterocycles. The standard InChI is InChI=1S/C13H18ClNO/c1-10-8-12(2-3-13(10)14)16-9-11-4-6-15-7-5-11/h2-3,8,11,15H,4-7,9H2,1H3. The van der Waals surface area contributed by atoms with E-state index in [-0.39, 0.29) is 0 Å². The van der Waals surface area contributed by atoms with Gasteiger partial charge in [-0.2, -0.15) is 0 Å². The maximum absolute atomic E-state index is 5.97. The number of hydrogen-bond acceptors (Lipinski definition) is 2. The lowest BCUT2D eigenvalue weighted by molar-refractivity contribution is 0.215. The second-order valence-electron chi connectivity index (χ2n) is 4.42. The van der Waals surface area contributed by atoms with E-state index in [2.05, 4.69) is 5.32 Å². The van der Waals surface area contributed by atoms with Crippen LogP contribution in [-0.2, 0) is 0 Å². The lowest BCUT2D eigenvalue weighted by atomic mass is 9.99. The predicted molar refractivity (Wildman–Crippen MR) is 67.3 cm³/mol. The topological polar surface area (TPSA) is 21.3 Å². The van der Waals surface area contributed by atoms with Gasteiger partial charge in [-0.05, 0) is 62.5 Å². The summed E-state index contributed by atoms with van der Waals surface area (Å²) in [6.07, 6.45) is 2.43. The van der Waals surface area contributed by atoms with Gasteiger partial charge < -0.3 is 10.1 Å². The number of rotatable bonds is 3. The molecule has 3 heteroatoms. The third kappa shape index (κ3) is 3.13. The van der Waals surface area contributed by atoms with E-state index in [4.69, 9.17) is 16.3 Å². The molecule has 0 radical (unpaired) electrons. The molecule has 1 aromatic carbocycles. The highest BCUT2D eigenvalue weighted by molar-refractivity contribution is 6.31. The number of halogens is 1. The van der Waals surface area contributed by atoms with E-state index in [1.165, 1.54) is 12.8 Å². The van der Waals surface area contributed by atoms with Crippen LogP contribution < -0.4 is 10.1 Å². The summed E-state index contributed by atoms with van der Waals surface area (Å²) in [7, 11) is 0. The summed E-state index contributed by atoms with van der Waals surface area (Å²) in [5.74, 6) is 1.62. The number of aryl methyl sites for hydroxylation is 1. The lowest BCUT2D eigenvalue weighted by Gasteiger charge is -2.22. The summed E-state index contributed by atoms with van der Waals surface area (Å²) in [5.41, 5.74) is 1.07. The maximum Gasteiger partial charge on any atom is 0.119 e. The maximum atomic E-state index is 5.97. The first kappa shape index (κ1) is 11.7. The molecule has 2 nitrogen and oxygen atoms in total. The van der Waals surface area contributed by atoms with Crippen LogP contribution in [0.5, 0.6) is 5.75 Å². The molecule has 1 aromatic rings. The summed E-state index contributed by atoms with van der Waals surface area (Å²) in [6.45, 7) is 5.06. The smallest absolute Gasteiger partial charge is 0.119 e. The van der Waals surface area contributed by atoms with Crippen molar-refractivity contribution in [1.29, 1.82) is 0 Å². The Balaban J connectivity index is 1.86. The Morgan fingerprint density at radius 1 is 1.38 bits per heavy atom. The van der Waals surface area contributed by atoms with Crippen molar-refractivity contribution in [3.05, 3.63) is 28.8 Å². The van der Waals surface area contributed by atoms with Gasteiger partial charge in [0, 0.05) is 5.02 Å². The molecule has 0 amide bonds. The zero-order valence-electron chi connectivity index (χ0n) is 9.63. The highest BCUT2D eigenvalue weighted by Crippen LogP contribution is 2.22. The lowest BCUT2D eigenvalue weighted by Crippen LogP contribution is -2.30. The molecule has 88 valence electrons. The van der Waals surface area contributed by atoms with Crippen molar-refractivity contribution in [2.24, 2.45) is 5.92 Å². The molecule has 1 N–H and O–H groups in total. The Hall–Kier alpha value is -0.730. The van der Waals surface area contributed by atoms with Crippen LogP contribution in [0.4, 0.5) is 0 Å². The summed E-state index contributed by atoms with van der Waals surface area (Å²) in [5, 5.41) is 4.16. The molecule has 2 rings (SSSR count). The molecule has 0 saturated carbocycles. The van der Waals surface area contributed by atoms with Crippen LogP contribution >= 0.6 is 11.6 Å². The van der Waals surface area contributed by atoms with E-state index in [9.17, 15) is 0 Å². The molecule has 0 atom stereocenters. The molecule has 0 aromatic heterocycles. The third-order valence-electron chi connectivity index (χ3n) is 3.07. The minimum Gasteiger partial charge on any atom is -0.493 e. The second kappa shape index (κ2) is 5.55. The Morgan fingerprint density at radius 2 is 2.12 bits per heavy atom. The predicted octanol–water partition coefficient (Wildman–Crippen LogP) is 3.03. The largest absolute Gasteiger partial charge is 0.493 e. The van der Waals surface area contributed by atoms with Crippen LogP contribution in [0.25, 0.3) is 0 Å². The first-order valence-electron chi connectivity index (χ1n) is 5.85. The summed E-state index contributed by atoms with van der Waals surface area (Å²) < 4.78 is 5.79. The molecule has 0 bridgehead atoms. The van der Waals surface area contributed by atoms with Gasteiger partial charge in [-0.15, -0.1) is 0 Å². The Kier molecular flexibility index (Phi) is 4.08. The minimum atomic E-state index is 0.692. The highest BCUT2D eigenvalue weighted by atomic mass is 35.5. The number of ether oxygens (including phenoxy) is 1. The molecule has 0 aliphatic carbocycles. The Morgan fingerprint density at radius 3 is 2.81 bits per heavy atom. The number of nitrogens with one attached hydrogen (secondary N) is 1. The zero-order chi connectivity index (χ0) is 11.4. The summed E-state index contributed by atoms with van der Waals surface area (Å²) in [4.78, 5) is 0. The first-order valence-corrected chi connectivity index (χ1v) is 6.23. The second-order valence-corrected chi connectivity index (χ2v) is 4.82. The molecule has 1 aliphatic heterocycles. The zero-order valence-corrected chi connectivity index (χ0v) is 10.4. The van der Waals surface area contributed by atoms with Crippen molar-refractivity contribution in [3.63, 3.8) is 0 Å². The quantitative estimate of drug-likeness (QED) is 0.876. The monoisotopic (exact) mass is 239 g/mol. The molecule has 1 heterocycles. The van der Waals surface area contributed by atoms with Gasteiger partial charge >= 0.3 is 0 Å². The molecule has 16 heavy (non-hydrogen) atoms. The van der Waals surface area contributed by atoms with Crippen LogP contribution in [0.2, 0.25) is 5.02 Å². The molecule has 0 spiro atoms. The van der Waals surface area contributed by atoms with Gasteiger partial charge in [-0.25, -0.2) is 0 Å². The fourth-order valence-corrected chi connectivity index (χ4v) is 2.09. The SMILES string of the molecule is Cc1cc(OCC2CCNCC2)ccc1Cl. The van der Waals surface area contributed by atoms with Crippen molar-refractivity contribution in [1.82, 2.24) is 5.32 Å². The average molecular weight is 240 g/mol. The summed E-state index contributed by atoms with van der Waals surface area (Å²) >= 11 is 5.97. The molecule has 1 aliphatic rings. The number of hydrogen-bond donors (Lipinski definition) is 1. The van der Waals surface area contributed by atoms with Crippen LogP contribution in [0.15, 0.2) is 18.2 Å². The van der Waals surface area contributed by atoms with Crippen molar-refractivity contribution < 1.29 is 4.74 Å². The van der Waals surface area contributed by atoms with Crippen LogP contribution in [0.3, 0.4) is 0 Å². The number of piperidine rings is 1. The van der Waals surface area contributed by atoms with Gasteiger partial charge in [0.25, 0.3) is 0 Å². The van der Waals surface area contributed by atoms with Gasteiger partial charge in [0.1, 0.15) is 5.75 Å². The molecular formula is C13H18ClNO. The normalized spacial score (nSPS) is 17.4. The van der Waals surface area contributed by atoms with E-state index in [0.29, 0.717) is 5.92 Å². The number of benzene rings is 1. The van der Waals surface area contributed by atoms with Crippen molar-refractivity contribution in [3.8, 4) is 5.75 Å². The molecular weight excluding hydrogens is 222 g/mol. The molecule has 0 unspecified atom stereocenters. The fraction of sp³-hybridized carbons (Fsp3) is 0.538. The molecule has 1 fully saturated rings. The van der Waals surface area contributed by atoms with Crippen LogP contribution in [-0.4, -0.2) is 19.7 Å². The van der Waals surface area contributed by atoms with Crippen LogP contribution in [0.1, 0.15) is 18.4 Å². The van der Waals surface area contributed by atoms with E-state index >= 15 is 0 Å². The third-order valence-corrected chi connectivity index (χ3v) is 3.50. The Bertz CT molecular complexity index is 348. The highest BCUT2D eigenvalue weighted by Gasteiger charge is 2.13. The average Bonchev–Trinajstić information content (AvgIpc) is 2.32. The van der Waals surface area contributed by atoms with Gasteiger partial charge in [-0.1, -0.05) is 11.6 Å². The Labute approximate surface area is 102 Å². The van der Waals surface area contributed by atoms with E-state index in [1.807, 2.05) is 25.1 Å². The van der Waals surface area contributed by atoms with E-state index in [1.54, 1.807) is 0 Å². The van der Waals surface area contributed by atoms with Gasteiger partial charge in [-0.3, -0.25) is 0 Å². The fourth-order valence-electron chi connectivity index (χ4n) is 1.97. The van der Waals surface area contributed by atoms with E-state index < -0.39 is 0 Å². The summed E-state index contributed by atoms with van der Waals surface area (Å²) in [6, 6.07) is 5.84. The van der Waals surface area contributed by atoms with Crippen molar-refractivity contribution in [2.75, 3.05) is 19.7 Å². The first-order chi connectivity index (χ1) is 7.75. The van der Waals surface area contributed by atoms with Crippen molar-refractivity contribution in [2.45, 2.75) is 19.8 Å².